The predicted octanol–water partition coefficient (Wildman–Crippen LogP) is 8.22. The monoisotopic (exact) mass is 501 g/mol. The summed E-state index contributed by atoms with van der Waals surface area (Å²) in [4.78, 5) is 2.41. The summed E-state index contributed by atoms with van der Waals surface area (Å²) in [7, 11) is 2.01. The zero-order chi connectivity index (χ0) is 26.2. The summed E-state index contributed by atoms with van der Waals surface area (Å²) in [6.45, 7) is 0. The Kier molecular flexibility index (Phi) is 5.68. The average molecular weight is 502 g/mol. The molecular weight excluding hydrogens is 474 g/mol. The van der Waals surface area contributed by atoms with Crippen LogP contribution in [0.4, 0.5) is 11.4 Å². The van der Waals surface area contributed by atoms with E-state index in [-0.39, 0.29) is 0 Å². The number of imidazole rings is 1. The second-order valence-electron chi connectivity index (χ2n) is 9.76. The molecule has 0 saturated heterocycles. The van der Waals surface area contributed by atoms with E-state index in [0.29, 0.717) is 0 Å². The molecule has 0 N–H and O–H groups in total. The van der Waals surface area contributed by atoms with Crippen molar-refractivity contribution in [2.24, 2.45) is 7.05 Å². The summed E-state index contributed by atoms with van der Waals surface area (Å²) >= 11 is 0. The van der Waals surface area contributed by atoms with Crippen molar-refractivity contribution in [2.75, 3.05) is 4.90 Å². The van der Waals surface area contributed by atoms with Crippen molar-refractivity contribution in [1.82, 2.24) is 4.57 Å². The summed E-state index contributed by atoms with van der Waals surface area (Å²) in [5, 5.41) is 0. The summed E-state index contributed by atoms with van der Waals surface area (Å²) in [6, 6.07) is 45.3. The zero-order valence-electron chi connectivity index (χ0n) is 21.7. The van der Waals surface area contributed by atoms with E-state index in [9.17, 15) is 0 Å². The Morgan fingerprint density at radius 3 is 1.77 bits per heavy atom. The second kappa shape index (κ2) is 9.62. The SMILES string of the molecule is C[n+]1[c-]n(C2=Cc3ccccc3-c3ccccc3N2c2c(-c3ccccc3)cccc2-c2ccccc2)cc1. The quantitative estimate of drug-likeness (QED) is 0.175. The third-order valence-electron chi connectivity index (χ3n) is 7.29. The van der Waals surface area contributed by atoms with Gasteiger partial charge < -0.3 is 14.0 Å². The van der Waals surface area contributed by atoms with Crippen LogP contribution >= 0.6 is 0 Å². The first-order valence-corrected chi connectivity index (χ1v) is 13.2. The van der Waals surface area contributed by atoms with E-state index in [1.165, 1.54) is 38.9 Å². The first-order chi connectivity index (χ1) is 19.3. The minimum absolute atomic E-state index is 1.01. The molecule has 0 bridgehead atoms. The maximum absolute atomic E-state index is 3.48. The van der Waals surface area contributed by atoms with Crippen LogP contribution in [0.5, 0.6) is 0 Å². The first kappa shape index (κ1) is 23.0. The molecule has 1 aromatic heterocycles. The molecule has 39 heavy (non-hydrogen) atoms. The van der Waals surface area contributed by atoms with E-state index >= 15 is 0 Å². The minimum atomic E-state index is 1.01. The fraction of sp³-hybridized carbons (Fsp3) is 0.0278. The Bertz CT molecular complexity index is 1760. The molecule has 1 aliphatic rings. The largest absolute Gasteiger partial charge is 0.323 e. The zero-order valence-corrected chi connectivity index (χ0v) is 21.7. The molecule has 6 aromatic rings. The summed E-state index contributed by atoms with van der Waals surface area (Å²) in [5.74, 6) is 1.01. The van der Waals surface area contributed by atoms with Gasteiger partial charge in [-0.3, -0.25) is 0 Å². The standard InChI is InChI=1S/C36H27N3/c1-37-23-24-38(26-37)35-25-29-17-8-9-18-30(29)33-19-10-11-22-34(33)39(35)36-31(27-13-4-2-5-14-27)20-12-21-32(36)28-15-6-3-7-16-28/h2-25H,1H3. The highest BCUT2D eigenvalue weighted by atomic mass is 15.3. The molecule has 1 aliphatic heterocycles. The van der Waals surface area contributed by atoms with Crippen LogP contribution in [0.2, 0.25) is 0 Å². The van der Waals surface area contributed by atoms with Gasteiger partial charge in [-0.2, -0.15) is 0 Å². The van der Waals surface area contributed by atoms with Crippen molar-refractivity contribution in [2.45, 2.75) is 0 Å². The van der Waals surface area contributed by atoms with Gasteiger partial charge >= 0.3 is 0 Å². The first-order valence-electron chi connectivity index (χ1n) is 13.2. The van der Waals surface area contributed by atoms with E-state index in [4.69, 9.17) is 0 Å². The maximum atomic E-state index is 3.48. The van der Waals surface area contributed by atoms with Gasteiger partial charge in [0.15, 0.2) is 0 Å². The third kappa shape index (κ3) is 4.05. The van der Waals surface area contributed by atoms with E-state index in [1.54, 1.807) is 0 Å². The number of aromatic nitrogens is 2. The topological polar surface area (TPSA) is 12.0 Å². The lowest BCUT2D eigenvalue weighted by Crippen LogP contribution is -2.26. The van der Waals surface area contributed by atoms with Gasteiger partial charge in [-0.25, -0.2) is 0 Å². The van der Waals surface area contributed by atoms with Crippen LogP contribution in [0.25, 0.3) is 45.3 Å². The fourth-order valence-electron chi connectivity index (χ4n) is 5.52. The Morgan fingerprint density at radius 2 is 1.13 bits per heavy atom. The van der Waals surface area contributed by atoms with Gasteiger partial charge in [0.05, 0.1) is 12.7 Å². The number of fused-ring (bicyclic) bond motifs is 3. The molecule has 0 radical (unpaired) electrons. The van der Waals surface area contributed by atoms with Crippen LogP contribution in [0.1, 0.15) is 5.56 Å². The molecule has 3 heteroatoms. The molecule has 3 nitrogen and oxygen atoms in total. The molecule has 186 valence electrons. The van der Waals surface area contributed by atoms with Crippen molar-refractivity contribution in [1.29, 1.82) is 0 Å². The van der Waals surface area contributed by atoms with Crippen LogP contribution in [0.3, 0.4) is 0 Å². The molecule has 0 amide bonds. The Labute approximate surface area is 229 Å². The lowest BCUT2D eigenvalue weighted by Gasteiger charge is -2.33. The summed E-state index contributed by atoms with van der Waals surface area (Å²) < 4.78 is 4.05. The predicted molar refractivity (Wildman–Crippen MR) is 160 cm³/mol. The smallest absolute Gasteiger partial charge is 0.244 e. The summed E-state index contributed by atoms with van der Waals surface area (Å²) in [6.07, 6.45) is 9.86. The van der Waals surface area contributed by atoms with E-state index in [0.717, 1.165) is 17.2 Å². The van der Waals surface area contributed by atoms with E-state index < -0.39 is 0 Å². The molecule has 0 aliphatic carbocycles. The van der Waals surface area contributed by atoms with Gasteiger partial charge in [0.1, 0.15) is 5.82 Å². The molecule has 0 fully saturated rings. The number of hydrogen-bond donors (Lipinski definition) is 0. The number of rotatable bonds is 4. The van der Waals surface area contributed by atoms with Gasteiger partial charge in [0.25, 0.3) is 0 Å². The van der Waals surface area contributed by atoms with Crippen LogP contribution < -0.4 is 9.47 Å². The maximum Gasteiger partial charge on any atom is 0.244 e. The summed E-state index contributed by atoms with van der Waals surface area (Å²) in [5.41, 5.74) is 10.5. The average Bonchev–Trinajstić information content (AvgIpc) is 3.38. The molecule has 2 heterocycles. The van der Waals surface area contributed by atoms with Gasteiger partial charge in [-0.15, -0.1) is 0 Å². The number of benzene rings is 5. The molecule has 5 aromatic carbocycles. The van der Waals surface area contributed by atoms with Crippen molar-refractivity contribution in [3.8, 4) is 33.4 Å². The lowest BCUT2D eigenvalue weighted by atomic mass is 9.94. The van der Waals surface area contributed by atoms with Crippen molar-refractivity contribution >= 4 is 23.3 Å². The van der Waals surface area contributed by atoms with Gasteiger partial charge in [0.2, 0.25) is 6.33 Å². The number of hydrogen-bond acceptors (Lipinski definition) is 1. The van der Waals surface area contributed by atoms with Crippen LogP contribution in [0, 0.1) is 6.33 Å². The fourth-order valence-corrected chi connectivity index (χ4v) is 5.52. The van der Waals surface area contributed by atoms with Crippen LogP contribution in [-0.4, -0.2) is 4.57 Å². The third-order valence-corrected chi connectivity index (χ3v) is 7.29. The Morgan fingerprint density at radius 1 is 0.564 bits per heavy atom. The van der Waals surface area contributed by atoms with Crippen LogP contribution in [0.15, 0.2) is 140 Å². The second-order valence-corrected chi connectivity index (χ2v) is 9.76. The number of aryl methyl sites for hydroxylation is 1. The van der Waals surface area contributed by atoms with Crippen molar-refractivity contribution in [3.05, 3.63) is 152 Å². The number of nitrogens with zero attached hydrogens (tertiary/aromatic N) is 3. The molecule has 0 spiro atoms. The Balaban J connectivity index is 1.62. The highest BCUT2D eigenvalue weighted by Crippen LogP contribution is 2.50. The highest BCUT2D eigenvalue weighted by Gasteiger charge is 2.28. The van der Waals surface area contributed by atoms with Crippen molar-refractivity contribution < 1.29 is 4.57 Å². The van der Waals surface area contributed by atoms with E-state index in [1.807, 2.05) is 17.8 Å². The lowest BCUT2D eigenvalue weighted by molar-refractivity contribution is -0.674. The van der Waals surface area contributed by atoms with E-state index in [2.05, 4.69) is 155 Å². The molecule has 0 saturated carbocycles. The Hall–Kier alpha value is -5.15. The van der Waals surface area contributed by atoms with Crippen molar-refractivity contribution in [3.63, 3.8) is 0 Å². The normalized spacial score (nSPS) is 12.3. The number of anilines is 2. The molecular formula is C36H27N3. The minimum Gasteiger partial charge on any atom is -0.323 e. The highest BCUT2D eigenvalue weighted by molar-refractivity contribution is 6.06. The molecule has 0 unspecified atom stereocenters. The number of para-hydroxylation sites is 2. The van der Waals surface area contributed by atoms with Gasteiger partial charge in [-0.1, -0.05) is 121 Å². The van der Waals surface area contributed by atoms with Gasteiger partial charge in [-0.05, 0) is 34.4 Å². The van der Waals surface area contributed by atoms with Gasteiger partial charge in [0, 0.05) is 34.8 Å². The molecule has 0 atom stereocenters. The van der Waals surface area contributed by atoms with Crippen LogP contribution in [-0.2, 0) is 7.05 Å². The molecule has 7 rings (SSSR count).